The lowest BCUT2D eigenvalue weighted by Gasteiger charge is -2.33. The molecular formula is C11H22N2O. The highest BCUT2D eigenvalue weighted by Gasteiger charge is 2.45. The SMILES string of the molecule is CCN(CC(O)(CN)C1CC1)C1CC1. The maximum Gasteiger partial charge on any atom is 0.0923 e. The number of rotatable bonds is 6. The average Bonchev–Trinajstić information content (AvgIpc) is 3.05. The summed E-state index contributed by atoms with van der Waals surface area (Å²) in [6, 6.07) is 0.733. The van der Waals surface area contributed by atoms with E-state index in [0.717, 1.165) is 32.0 Å². The summed E-state index contributed by atoms with van der Waals surface area (Å²) < 4.78 is 0. The van der Waals surface area contributed by atoms with E-state index in [1.807, 2.05) is 0 Å². The molecule has 0 aromatic carbocycles. The number of hydrogen-bond acceptors (Lipinski definition) is 3. The molecule has 0 saturated heterocycles. The molecule has 0 heterocycles. The Morgan fingerprint density at radius 3 is 2.36 bits per heavy atom. The molecule has 0 spiro atoms. The summed E-state index contributed by atoms with van der Waals surface area (Å²) >= 11 is 0. The van der Waals surface area contributed by atoms with Gasteiger partial charge in [-0.3, -0.25) is 4.90 Å². The van der Waals surface area contributed by atoms with E-state index in [9.17, 15) is 5.11 Å². The van der Waals surface area contributed by atoms with Crippen LogP contribution >= 0.6 is 0 Å². The number of hydrogen-bond donors (Lipinski definition) is 2. The normalized spacial score (nSPS) is 26.6. The summed E-state index contributed by atoms with van der Waals surface area (Å²) in [5.41, 5.74) is 5.10. The van der Waals surface area contributed by atoms with Gasteiger partial charge in [0.1, 0.15) is 0 Å². The Labute approximate surface area is 86.3 Å². The van der Waals surface area contributed by atoms with Gasteiger partial charge in [-0.15, -0.1) is 0 Å². The number of nitrogens with zero attached hydrogens (tertiary/aromatic N) is 1. The zero-order valence-corrected chi connectivity index (χ0v) is 9.08. The largest absolute Gasteiger partial charge is 0.387 e. The van der Waals surface area contributed by atoms with Gasteiger partial charge in [0, 0.05) is 19.1 Å². The van der Waals surface area contributed by atoms with Gasteiger partial charge in [-0.25, -0.2) is 0 Å². The molecule has 1 unspecified atom stereocenters. The summed E-state index contributed by atoms with van der Waals surface area (Å²) in [7, 11) is 0. The molecule has 14 heavy (non-hydrogen) atoms. The van der Waals surface area contributed by atoms with Crippen LogP contribution in [0.25, 0.3) is 0 Å². The van der Waals surface area contributed by atoms with Crippen molar-refractivity contribution in [2.75, 3.05) is 19.6 Å². The minimum absolute atomic E-state index is 0.418. The van der Waals surface area contributed by atoms with Crippen LogP contribution in [0.3, 0.4) is 0 Å². The van der Waals surface area contributed by atoms with Gasteiger partial charge in [0.2, 0.25) is 0 Å². The van der Waals surface area contributed by atoms with Gasteiger partial charge in [-0.05, 0) is 38.1 Å². The molecule has 2 saturated carbocycles. The third-order valence-electron chi connectivity index (χ3n) is 3.64. The zero-order chi connectivity index (χ0) is 10.2. The van der Waals surface area contributed by atoms with Crippen LogP contribution in [-0.2, 0) is 0 Å². The van der Waals surface area contributed by atoms with Crippen LogP contribution in [-0.4, -0.2) is 41.3 Å². The molecule has 0 aromatic heterocycles. The van der Waals surface area contributed by atoms with Crippen LogP contribution in [0, 0.1) is 5.92 Å². The van der Waals surface area contributed by atoms with E-state index in [4.69, 9.17) is 5.73 Å². The van der Waals surface area contributed by atoms with Crippen molar-refractivity contribution in [3.63, 3.8) is 0 Å². The fraction of sp³-hybridized carbons (Fsp3) is 1.00. The molecular weight excluding hydrogens is 176 g/mol. The molecule has 1 atom stereocenters. The standard InChI is InChI=1S/C11H22N2O/c1-2-13(10-5-6-10)8-11(14,7-12)9-3-4-9/h9-10,14H,2-8,12H2,1H3. The van der Waals surface area contributed by atoms with Gasteiger partial charge >= 0.3 is 0 Å². The van der Waals surface area contributed by atoms with E-state index in [0.29, 0.717) is 12.5 Å². The van der Waals surface area contributed by atoms with Crippen molar-refractivity contribution in [2.45, 2.75) is 44.2 Å². The smallest absolute Gasteiger partial charge is 0.0923 e. The van der Waals surface area contributed by atoms with Gasteiger partial charge < -0.3 is 10.8 Å². The third-order valence-corrected chi connectivity index (χ3v) is 3.64. The number of likely N-dealkylation sites (N-methyl/N-ethyl adjacent to an activating group) is 1. The molecule has 2 aliphatic rings. The van der Waals surface area contributed by atoms with Gasteiger partial charge in [0.25, 0.3) is 0 Å². The molecule has 2 fully saturated rings. The average molecular weight is 198 g/mol. The maximum atomic E-state index is 10.4. The van der Waals surface area contributed by atoms with E-state index in [2.05, 4.69) is 11.8 Å². The molecule has 3 heteroatoms. The van der Waals surface area contributed by atoms with Crippen LogP contribution in [0.1, 0.15) is 32.6 Å². The van der Waals surface area contributed by atoms with Crippen LogP contribution in [0.2, 0.25) is 0 Å². The zero-order valence-electron chi connectivity index (χ0n) is 9.08. The molecule has 0 bridgehead atoms. The van der Waals surface area contributed by atoms with Crippen molar-refractivity contribution in [1.82, 2.24) is 4.90 Å². The first kappa shape index (κ1) is 10.4. The Kier molecular flexibility index (Phi) is 2.82. The number of aliphatic hydroxyl groups is 1. The molecule has 3 N–H and O–H groups in total. The van der Waals surface area contributed by atoms with E-state index in [-0.39, 0.29) is 0 Å². The molecule has 0 aliphatic heterocycles. The van der Waals surface area contributed by atoms with E-state index in [1.165, 1.54) is 12.8 Å². The van der Waals surface area contributed by atoms with Crippen molar-refractivity contribution in [1.29, 1.82) is 0 Å². The highest BCUT2D eigenvalue weighted by molar-refractivity contribution is 4.99. The van der Waals surface area contributed by atoms with Gasteiger partial charge in [-0.1, -0.05) is 6.92 Å². The molecule has 3 nitrogen and oxygen atoms in total. The van der Waals surface area contributed by atoms with Crippen molar-refractivity contribution in [2.24, 2.45) is 11.7 Å². The van der Waals surface area contributed by atoms with E-state index >= 15 is 0 Å². The molecule has 0 radical (unpaired) electrons. The second kappa shape index (κ2) is 3.80. The Morgan fingerprint density at radius 1 is 1.36 bits per heavy atom. The molecule has 0 aromatic rings. The summed E-state index contributed by atoms with van der Waals surface area (Å²) in [6.07, 6.45) is 4.93. The van der Waals surface area contributed by atoms with E-state index in [1.54, 1.807) is 0 Å². The van der Waals surface area contributed by atoms with Crippen LogP contribution in [0.4, 0.5) is 0 Å². The molecule has 0 amide bonds. The minimum Gasteiger partial charge on any atom is -0.387 e. The maximum absolute atomic E-state index is 10.4. The van der Waals surface area contributed by atoms with Crippen molar-refractivity contribution < 1.29 is 5.11 Å². The molecule has 2 rings (SSSR count). The number of nitrogens with two attached hydrogens (primary N) is 1. The quantitative estimate of drug-likeness (QED) is 0.656. The van der Waals surface area contributed by atoms with Gasteiger partial charge in [-0.2, -0.15) is 0 Å². The van der Waals surface area contributed by atoms with Gasteiger partial charge in [0.15, 0.2) is 0 Å². The lowest BCUT2D eigenvalue weighted by Crippen LogP contribution is -2.50. The summed E-state index contributed by atoms with van der Waals surface area (Å²) in [4.78, 5) is 2.39. The van der Waals surface area contributed by atoms with Gasteiger partial charge in [0.05, 0.1) is 5.60 Å². The molecule has 2 aliphatic carbocycles. The van der Waals surface area contributed by atoms with Crippen LogP contribution in [0.15, 0.2) is 0 Å². The monoisotopic (exact) mass is 198 g/mol. The first-order valence-corrected chi connectivity index (χ1v) is 5.86. The summed E-state index contributed by atoms with van der Waals surface area (Å²) in [5, 5.41) is 10.4. The lowest BCUT2D eigenvalue weighted by atomic mass is 9.97. The second-order valence-electron chi connectivity index (χ2n) is 4.88. The Balaban J connectivity index is 1.91. The topological polar surface area (TPSA) is 49.5 Å². The minimum atomic E-state index is -0.599. The lowest BCUT2D eigenvalue weighted by molar-refractivity contribution is -0.00923. The Morgan fingerprint density at radius 2 is 2.00 bits per heavy atom. The molecule has 82 valence electrons. The fourth-order valence-corrected chi connectivity index (χ4v) is 2.27. The predicted molar refractivity (Wildman–Crippen MR) is 57.0 cm³/mol. The van der Waals surface area contributed by atoms with Crippen LogP contribution in [0.5, 0.6) is 0 Å². The Bertz CT molecular complexity index is 201. The predicted octanol–water partition coefficient (Wildman–Crippen LogP) is 0.570. The van der Waals surface area contributed by atoms with Crippen molar-refractivity contribution >= 4 is 0 Å². The highest BCUT2D eigenvalue weighted by atomic mass is 16.3. The van der Waals surface area contributed by atoms with Crippen LogP contribution < -0.4 is 5.73 Å². The van der Waals surface area contributed by atoms with E-state index < -0.39 is 5.60 Å². The summed E-state index contributed by atoms with van der Waals surface area (Å²) in [5.74, 6) is 0.472. The van der Waals surface area contributed by atoms with Crippen molar-refractivity contribution in [3.8, 4) is 0 Å². The fourth-order valence-electron chi connectivity index (χ4n) is 2.27. The van der Waals surface area contributed by atoms with Crippen molar-refractivity contribution in [3.05, 3.63) is 0 Å². The first-order valence-electron chi connectivity index (χ1n) is 5.86. The first-order chi connectivity index (χ1) is 6.69. The Hall–Kier alpha value is -0.120. The summed E-state index contributed by atoms with van der Waals surface area (Å²) in [6.45, 7) is 4.41. The highest BCUT2D eigenvalue weighted by Crippen LogP contribution is 2.40. The second-order valence-corrected chi connectivity index (χ2v) is 4.88. The third kappa shape index (κ3) is 2.10.